The zero-order valence-corrected chi connectivity index (χ0v) is 19.1. The molecule has 1 amide bonds. The first kappa shape index (κ1) is 22.6. The third-order valence-electron chi connectivity index (χ3n) is 5.82. The summed E-state index contributed by atoms with van der Waals surface area (Å²) in [6.07, 6.45) is 0.670. The van der Waals surface area contributed by atoms with E-state index in [0.29, 0.717) is 37.3 Å². The highest BCUT2D eigenvalue weighted by Gasteiger charge is 2.45. The van der Waals surface area contributed by atoms with Gasteiger partial charge >= 0.3 is 0 Å². The van der Waals surface area contributed by atoms with Crippen LogP contribution < -0.4 is 0 Å². The average Bonchev–Trinajstić information content (AvgIpc) is 3.05. The van der Waals surface area contributed by atoms with Crippen molar-refractivity contribution in [3.05, 3.63) is 75.5 Å². The predicted molar refractivity (Wildman–Crippen MR) is 121 cm³/mol. The maximum absolute atomic E-state index is 13.6. The van der Waals surface area contributed by atoms with Gasteiger partial charge in [0.05, 0.1) is 24.8 Å². The van der Waals surface area contributed by atoms with Crippen LogP contribution in [0.2, 0.25) is 0 Å². The van der Waals surface area contributed by atoms with E-state index in [1.165, 1.54) is 17.0 Å². The number of halogens is 2. The second-order valence-corrected chi connectivity index (χ2v) is 8.77. The number of hydrogen-bond donors (Lipinski definition) is 1. The molecule has 2 aromatic rings. The largest absolute Gasteiger partial charge is 0.507 e. The molecule has 168 valence electrons. The van der Waals surface area contributed by atoms with Gasteiger partial charge in [-0.1, -0.05) is 40.2 Å². The SMILES string of the molecule is O=C1C(=O)N(CCCN2CCOCC2)[C@H](c2ccc(F)cc2)C1=C(O)c1ccc(Br)cc1. The van der Waals surface area contributed by atoms with E-state index in [-0.39, 0.29) is 11.3 Å². The van der Waals surface area contributed by atoms with Crippen LogP contribution in [0.4, 0.5) is 4.39 Å². The quantitative estimate of drug-likeness (QED) is 0.370. The third kappa shape index (κ3) is 4.77. The van der Waals surface area contributed by atoms with E-state index in [0.717, 1.165) is 24.1 Å². The Morgan fingerprint density at radius 3 is 2.34 bits per heavy atom. The number of amides is 1. The Morgan fingerprint density at radius 2 is 1.69 bits per heavy atom. The molecule has 0 radical (unpaired) electrons. The number of likely N-dealkylation sites (tertiary alicyclic amines) is 1. The molecule has 0 aliphatic carbocycles. The summed E-state index contributed by atoms with van der Waals surface area (Å²) in [4.78, 5) is 29.7. The first-order valence-corrected chi connectivity index (χ1v) is 11.3. The maximum Gasteiger partial charge on any atom is 0.295 e. The molecular weight excluding hydrogens is 479 g/mol. The Kier molecular flexibility index (Phi) is 7.03. The molecule has 4 rings (SSSR count). The summed E-state index contributed by atoms with van der Waals surface area (Å²) >= 11 is 3.35. The van der Waals surface area contributed by atoms with Gasteiger partial charge in [0.2, 0.25) is 0 Å². The van der Waals surface area contributed by atoms with Gasteiger partial charge in [-0.3, -0.25) is 14.5 Å². The molecule has 32 heavy (non-hydrogen) atoms. The normalized spacial score (nSPS) is 21.3. The molecule has 2 saturated heterocycles. The summed E-state index contributed by atoms with van der Waals surface area (Å²) in [6, 6.07) is 11.8. The number of ketones is 1. The Morgan fingerprint density at radius 1 is 1.03 bits per heavy atom. The molecule has 6 nitrogen and oxygen atoms in total. The van der Waals surface area contributed by atoms with E-state index >= 15 is 0 Å². The molecule has 0 aromatic heterocycles. The zero-order chi connectivity index (χ0) is 22.7. The Hall–Kier alpha value is -2.55. The second kappa shape index (κ2) is 9.94. The van der Waals surface area contributed by atoms with Crippen molar-refractivity contribution >= 4 is 33.4 Å². The minimum absolute atomic E-state index is 0.0234. The van der Waals surface area contributed by atoms with Crippen molar-refractivity contribution in [3.63, 3.8) is 0 Å². The van der Waals surface area contributed by atoms with Crippen LogP contribution in [0.3, 0.4) is 0 Å². The van der Waals surface area contributed by atoms with Crippen molar-refractivity contribution in [2.75, 3.05) is 39.4 Å². The molecule has 2 fully saturated rings. The van der Waals surface area contributed by atoms with E-state index in [1.807, 2.05) is 0 Å². The van der Waals surface area contributed by atoms with Gasteiger partial charge in [-0.25, -0.2) is 4.39 Å². The Labute approximate surface area is 194 Å². The second-order valence-electron chi connectivity index (χ2n) is 7.86. The fraction of sp³-hybridized carbons (Fsp3) is 0.333. The van der Waals surface area contributed by atoms with Crippen LogP contribution in [0, 0.1) is 5.82 Å². The molecule has 0 bridgehead atoms. The fourth-order valence-electron chi connectivity index (χ4n) is 4.15. The average molecular weight is 503 g/mol. The highest BCUT2D eigenvalue weighted by molar-refractivity contribution is 9.10. The summed E-state index contributed by atoms with van der Waals surface area (Å²) in [5.74, 6) is -2.03. The zero-order valence-electron chi connectivity index (χ0n) is 17.5. The summed E-state index contributed by atoms with van der Waals surface area (Å²) in [7, 11) is 0. The number of aliphatic hydroxyl groups excluding tert-OH is 1. The third-order valence-corrected chi connectivity index (χ3v) is 6.35. The van der Waals surface area contributed by atoms with Gasteiger partial charge < -0.3 is 14.7 Å². The number of benzene rings is 2. The van der Waals surface area contributed by atoms with E-state index < -0.39 is 23.5 Å². The van der Waals surface area contributed by atoms with Gasteiger partial charge in [0, 0.05) is 36.2 Å². The topological polar surface area (TPSA) is 70.1 Å². The fourth-order valence-corrected chi connectivity index (χ4v) is 4.42. The minimum Gasteiger partial charge on any atom is -0.507 e. The summed E-state index contributed by atoms with van der Waals surface area (Å²) in [5.41, 5.74) is 1.04. The van der Waals surface area contributed by atoms with Crippen molar-refractivity contribution in [2.45, 2.75) is 12.5 Å². The molecule has 1 atom stereocenters. The Balaban J connectivity index is 1.66. The van der Waals surface area contributed by atoms with Gasteiger partial charge in [0.25, 0.3) is 11.7 Å². The van der Waals surface area contributed by atoms with Crippen LogP contribution in [0.1, 0.15) is 23.6 Å². The molecule has 0 spiro atoms. The van der Waals surface area contributed by atoms with E-state index in [1.54, 1.807) is 36.4 Å². The van der Waals surface area contributed by atoms with Gasteiger partial charge in [-0.2, -0.15) is 0 Å². The molecule has 1 N–H and O–H groups in total. The van der Waals surface area contributed by atoms with Gasteiger partial charge in [-0.15, -0.1) is 0 Å². The van der Waals surface area contributed by atoms with E-state index in [2.05, 4.69) is 20.8 Å². The highest BCUT2D eigenvalue weighted by Crippen LogP contribution is 2.39. The van der Waals surface area contributed by atoms with Gasteiger partial charge in [0.15, 0.2) is 0 Å². The molecule has 2 aliphatic rings. The first-order chi connectivity index (χ1) is 15.5. The van der Waals surface area contributed by atoms with Crippen molar-refractivity contribution in [3.8, 4) is 0 Å². The predicted octanol–water partition coefficient (Wildman–Crippen LogP) is 3.73. The maximum atomic E-state index is 13.6. The van der Waals surface area contributed by atoms with Crippen LogP contribution in [0.15, 0.2) is 58.6 Å². The monoisotopic (exact) mass is 502 g/mol. The minimum atomic E-state index is -0.774. The molecular formula is C24H24BrFN2O4. The number of carbonyl (C=O) groups excluding carboxylic acids is 2. The van der Waals surface area contributed by atoms with Gasteiger partial charge in [0.1, 0.15) is 11.6 Å². The van der Waals surface area contributed by atoms with Crippen molar-refractivity contribution in [1.82, 2.24) is 9.80 Å². The van der Waals surface area contributed by atoms with E-state index in [4.69, 9.17) is 4.74 Å². The lowest BCUT2D eigenvalue weighted by Gasteiger charge is -2.29. The molecule has 2 heterocycles. The lowest BCUT2D eigenvalue weighted by molar-refractivity contribution is -0.140. The summed E-state index contributed by atoms with van der Waals surface area (Å²) in [6.45, 7) is 4.17. The van der Waals surface area contributed by atoms with Crippen LogP contribution in [-0.2, 0) is 14.3 Å². The number of morpholine rings is 1. The van der Waals surface area contributed by atoms with Crippen LogP contribution in [0.25, 0.3) is 5.76 Å². The smallest absolute Gasteiger partial charge is 0.295 e. The molecule has 2 aliphatic heterocycles. The number of rotatable bonds is 6. The van der Waals surface area contributed by atoms with Crippen LogP contribution in [-0.4, -0.2) is 66.0 Å². The first-order valence-electron chi connectivity index (χ1n) is 10.6. The van der Waals surface area contributed by atoms with E-state index in [9.17, 15) is 19.1 Å². The van der Waals surface area contributed by atoms with Crippen molar-refractivity contribution < 1.29 is 23.8 Å². The molecule has 8 heteroatoms. The van der Waals surface area contributed by atoms with Crippen LogP contribution >= 0.6 is 15.9 Å². The Bertz CT molecular complexity index is 1020. The molecule has 2 aromatic carbocycles. The van der Waals surface area contributed by atoms with Crippen LogP contribution in [0.5, 0.6) is 0 Å². The molecule has 0 unspecified atom stereocenters. The van der Waals surface area contributed by atoms with Crippen molar-refractivity contribution in [2.24, 2.45) is 0 Å². The standard InChI is InChI=1S/C24H24BrFN2O4/c25-18-6-2-17(3-7-18)22(29)20-21(16-4-8-19(26)9-5-16)28(24(31)23(20)30)11-1-10-27-12-14-32-15-13-27/h2-9,21,29H,1,10-15H2/t21-/m1/s1. The summed E-state index contributed by atoms with van der Waals surface area (Å²) in [5, 5.41) is 11.0. The van der Waals surface area contributed by atoms with Gasteiger partial charge in [-0.05, 0) is 36.2 Å². The number of ether oxygens (including phenoxy) is 1. The highest BCUT2D eigenvalue weighted by atomic mass is 79.9. The molecule has 0 saturated carbocycles. The number of Topliss-reactive ketones (excluding diaryl/α,β-unsaturated/α-hetero) is 1. The number of carbonyl (C=O) groups is 2. The lowest BCUT2D eigenvalue weighted by atomic mass is 9.95. The lowest BCUT2D eigenvalue weighted by Crippen LogP contribution is -2.38. The number of hydrogen-bond acceptors (Lipinski definition) is 5. The number of nitrogens with zero attached hydrogens (tertiary/aromatic N) is 2. The summed E-state index contributed by atoms with van der Waals surface area (Å²) < 4.78 is 19.8. The number of aliphatic hydroxyl groups is 1. The van der Waals surface area contributed by atoms with Crippen molar-refractivity contribution in [1.29, 1.82) is 0 Å².